The minimum atomic E-state index is -0.744. The molecule has 3 N–H and O–H groups in total. The van der Waals surface area contributed by atoms with Gasteiger partial charge < -0.3 is 30.2 Å². The lowest BCUT2D eigenvalue weighted by Gasteiger charge is -2.43. The summed E-state index contributed by atoms with van der Waals surface area (Å²) in [6.07, 6.45) is 0.808. The average molecular weight is 577 g/mol. The van der Waals surface area contributed by atoms with Gasteiger partial charge in [-0.15, -0.1) is 0 Å². The van der Waals surface area contributed by atoms with Crippen LogP contribution in [0.5, 0.6) is 17.2 Å². The summed E-state index contributed by atoms with van der Waals surface area (Å²) in [5.74, 6) is 0.421. The van der Waals surface area contributed by atoms with E-state index >= 15 is 0 Å². The van der Waals surface area contributed by atoms with Crippen LogP contribution >= 0.6 is 23.2 Å². The van der Waals surface area contributed by atoms with Gasteiger partial charge in [0.2, 0.25) is 0 Å². The molecule has 1 aromatic heterocycles. The van der Waals surface area contributed by atoms with Crippen LogP contribution in [0.15, 0.2) is 36.5 Å². The van der Waals surface area contributed by atoms with Crippen LogP contribution in [0.2, 0.25) is 10.0 Å². The maximum absolute atomic E-state index is 14.1. The molecule has 3 aromatic rings. The summed E-state index contributed by atoms with van der Waals surface area (Å²) in [5, 5.41) is 3.45. The van der Waals surface area contributed by atoms with Crippen LogP contribution in [-0.2, 0) is 0 Å². The number of nitrogens with two attached hydrogens (primary N) is 1. The second-order valence-electron chi connectivity index (χ2n) is 9.83. The number of piperazine rings is 1. The topological polar surface area (TPSA) is 98.9 Å². The van der Waals surface area contributed by atoms with Gasteiger partial charge in [-0.25, -0.2) is 9.37 Å². The van der Waals surface area contributed by atoms with E-state index in [0.717, 1.165) is 0 Å². The number of hydrogen-bond donors (Lipinski definition) is 2. The van der Waals surface area contributed by atoms with E-state index in [9.17, 15) is 9.18 Å². The smallest absolute Gasteiger partial charge is 0.254 e. The molecule has 2 aromatic carbocycles. The number of nitrogens with zero attached hydrogens (tertiary/aromatic N) is 2. The third-order valence-corrected chi connectivity index (χ3v) is 7.47. The number of nitrogens with one attached hydrogen (secondary N) is 1. The molecule has 1 saturated heterocycles. The van der Waals surface area contributed by atoms with Crippen LogP contribution in [0.3, 0.4) is 0 Å². The minimum Gasteiger partial charge on any atom is -0.496 e. The zero-order valence-corrected chi connectivity index (χ0v) is 23.9. The number of carbonyl (C=O) groups excluding carboxylic acids is 1. The van der Waals surface area contributed by atoms with Crippen LogP contribution in [0, 0.1) is 5.82 Å². The maximum Gasteiger partial charge on any atom is 0.254 e. The van der Waals surface area contributed by atoms with Gasteiger partial charge in [0.25, 0.3) is 5.91 Å². The predicted molar refractivity (Wildman–Crippen MR) is 151 cm³/mol. The molecule has 8 nitrogen and oxygen atoms in total. The molecule has 1 amide bonds. The quantitative estimate of drug-likeness (QED) is 0.345. The van der Waals surface area contributed by atoms with Crippen LogP contribution in [0.4, 0.5) is 10.2 Å². The lowest BCUT2D eigenvalue weighted by Crippen LogP contribution is -2.59. The molecule has 1 atom stereocenters. The van der Waals surface area contributed by atoms with Crippen molar-refractivity contribution < 1.29 is 23.4 Å². The molecule has 0 radical (unpaired) electrons. The van der Waals surface area contributed by atoms with Crippen molar-refractivity contribution in [1.82, 2.24) is 15.2 Å². The molecule has 39 heavy (non-hydrogen) atoms. The van der Waals surface area contributed by atoms with Gasteiger partial charge in [-0.3, -0.25) is 4.79 Å². The highest BCUT2D eigenvalue weighted by Crippen LogP contribution is 2.43. The van der Waals surface area contributed by atoms with E-state index < -0.39 is 11.9 Å². The lowest BCUT2D eigenvalue weighted by molar-refractivity contribution is 0.0477. The number of benzene rings is 2. The van der Waals surface area contributed by atoms with Crippen molar-refractivity contribution in [3.8, 4) is 28.4 Å². The Bertz CT molecular complexity index is 1380. The summed E-state index contributed by atoms with van der Waals surface area (Å²) in [4.78, 5) is 19.7. The Balaban J connectivity index is 1.73. The zero-order chi connectivity index (χ0) is 28.5. The fourth-order valence-electron chi connectivity index (χ4n) is 4.69. The molecule has 11 heteroatoms. The van der Waals surface area contributed by atoms with Gasteiger partial charge in [0.15, 0.2) is 11.6 Å². The fourth-order valence-corrected chi connectivity index (χ4v) is 5.36. The van der Waals surface area contributed by atoms with Gasteiger partial charge in [0, 0.05) is 47.5 Å². The first-order valence-corrected chi connectivity index (χ1v) is 13.1. The summed E-state index contributed by atoms with van der Waals surface area (Å²) >= 11 is 12.4. The molecule has 4 rings (SSSR count). The molecule has 2 heterocycles. The molecule has 1 aliphatic heterocycles. The number of anilines is 1. The first kappa shape index (κ1) is 28.7. The number of methoxy groups -OCH3 is 2. The van der Waals surface area contributed by atoms with E-state index in [1.54, 1.807) is 31.3 Å². The third-order valence-electron chi connectivity index (χ3n) is 6.76. The third kappa shape index (κ3) is 5.71. The largest absolute Gasteiger partial charge is 0.496 e. The van der Waals surface area contributed by atoms with Crippen molar-refractivity contribution in [2.45, 2.75) is 32.4 Å². The van der Waals surface area contributed by atoms with Gasteiger partial charge in [0.1, 0.15) is 23.4 Å². The predicted octanol–water partition coefficient (Wildman–Crippen LogP) is 5.76. The molecule has 0 bridgehead atoms. The lowest BCUT2D eigenvalue weighted by atomic mass is 9.97. The number of halogens is 3. The number of amides is 1. The maximum atomic E-state index is 14.1. The van der Waals surface area contributed by atoms with Gasteiger partial charge >= 0.3 is 0 Å². The van der Waals surface area contributed by atoms with Gasteiger partial charge in [-0.2, -0.15) is 0 Å². The molecular formula is C28H31Cl2FN4O4. The highest BCUT2D eigenvalue weighted by molar-refractivity contribution is 6.36. The summed E-state index contributed by atoms with van der Waals surface area (Å²) < 4.78 is 31.5. The second-order valence-corrected chi connectivity index (χ2v) is 10.6. The monoisotopic (exact) mass is 576 g/mol. The number of hydrogen-bond acceptors (Lipinski definition) is 7. The van der Waals surface area contributed by atoms with E-state index in [1.807, 2.05) is 18.7 Å². The molecule has 0 aliphatic carbocycles. The first-order valence-electron chi connectivity index (χ1n) is 12.3. The normalized spacial score (nSPS) is 15.5. The average Bonchev–Trinajstić information content (AvgIpc) is 2.91. The first-order chi connectivity index (χ1) is 18.5. The van der Waals surface area contributed by atoms with Crippen molar-refractivity contribution in [2.75, 3.05) is 39.6 Å². The second kappa shape index (κ2) is 11.5. The molecule has 1 aliphatic rings. The summed E-state index contributed by atoms with van der Waals surface area (Å²) in [7, 11) is 3.03. The van der Waals surface area contributed by atoms with Gasteiger partial charge in [-0.05, 0) is 51.1 Å². The molecule has 1 unspecified atom stereocenters. The molecule has 0 spiro atoms. The van der Waals surface area contributed by atoms with Crippen LogP contribution < -0.4 is 25.3 Å². The van der Waals surface area contributed by atoms with E-state index in [1.165, 1.54) is 26.4 Å². The zero-order valence-electron chi connectivity index (χ0n) is 22.4. The van der Waals surface area contributed by atoms with Crippen molar-refractivity contribution in [1.29, 1.82) is 0 Å². The summed E-state index contributed by atoms with van der Waals surface area (Å²) in [5.41, 5.74) is 7.61. The number of ether oxygens (including phenoxy) is 3. The number of rotatable bonds is 7. The van der Waals surface area contributed by atoms with E-state index in [4.69, 9.17) is 43.1 Å². The van der Waals surface area contributed by atoms with Crippen LogP contribution in [0.25, 0.3) is 11.1 Å². The Morgan fingerprint density at radius 2 is 1.82 bits per heavy atom. The van der Waals surface area contributed by atoms with Gasteiger partial charge in [0.05, 0.1) is 30.3 Å². The SMILES string of the molecule is COc1cc(C(=O)N2CCNCC2(C)C)cc(OC)c1-c1cnc(N)c(OC(C)c2c(Cl)ccc(F)c2Cl)c1. The van der Waals surface area contributed by atoms with Gasteiger partial charge in [-0.1, -0.05) is 23.2 Å². The standard InChI is InChI=1S/C28H31Cl2FN4O4/c1-15(23-18(29)6-7-19(31)25(23)30)39-22-12-17(13-34-26(22)32)24-20(37-4)10-16(11-21(24)38-5)27(36)35-9-8-33-14-28(35,2)3/h6-7,10-13,15,33H,8-9,14H2,1-5H3,(H2,32,34). The van der Waals surface area contributed by atoms with Crippen LogP contribution in [0.1, 0.15) is 42.8 Å². The Kier molecular flexibility index (Phi) is 8.44. The Morgan fingerprint density at radius 1 is 1.15 bits per heavy atom. The summed E-state index contributed by atoms with van der Waals surface area (Å²) in [6.45, 7) is 7.71. The van der Waals surface area contributed by atoms with E-state index in [2.05, 4.69) is 10.3 Å². The van der Waals surface area contributed by atoms with Crippen molar-refractivity contribution in [3.63, 3.8) is 0 Å². The minimum absolute atomic E-state index is 0.111. The number of carbonyl (C=O) groups is 1. The van der Waals surface area contributed by atoms with Crippen LogP contribution in [-0.4, -0.2) is 55.2 Å². The van der Waals surface area contributed by atoms with E-state index in [0.29, 0.717) is 47.8 Å². The highest BCUT2D eigenvalue weighted by Gasteiger charge is 2.34. The molecule has 1 fully saturated rings. The van der Waals surface area contributed by atoms with E-state index in [-0.39, 0.29) is 38.6 Å². The molecule has 208 valence electrons. The Hall–Kier alpha value is -3.27. The molecular weight excluding hydrogens is 546 g/mol. The Labute approximate surface area is 237 Å². The van der Waals surface area contributed by atoms with Crippen molar-refractivity contribution >= 4 is 34.9 Å². The fraction of sp³-hybridized carbons (Fsp3) is 0.357. The number of pyridine rings is 1. The van der Waals surface area contributed by atoms with Crippen molar-refractivity contribution in [3.05, 3.63) is 63.5 Å². The Morgan fingerprint density at radius 3 is 2.44 bits per heavy atom. The molecule has 0 saturated carbocycles. The van der Waals surface area contributed by atoms with Crippen molar-refractivity contribution in [2.24, 2.45) is 0 Å². The summed E-state index contributed by atoms with van der Waals surface area (Å²) in [6, 6.07) is 7.64. The highest BCUT2D eigenvalue weighted by atomic mass is 35.5. The number of nitrogen functional groups attached to an aromatic ring is 1. The number of aromatic nitrogens is 1.